The lowest BCUT2D eigenvalue weighted by Gasteiger charge is -2.27. The minimum absolute atomic E-state index is 0.391. The molecule has 0 radical (unpaired) electrons. The molecule has 12 heavy (non-hydrogen) atoms. The summed E-state index contributed by atoms with van der Waals surface area (Å²) >= 11 is 0. The monoisotopic (exact) mass is 175 g/mol. The van der Waals surface area contributed by atoms with Gasteiger partial charge in [0.2, 0.25) is 6.17 Å². The number of aliphatic carboxylic acids is 1. The van der Waals surface area contributed by atoms with Gasteiger partial charge in [0.25, 0.3) is 0 Å². The highest BCUT2D eigenvalue weighted by Crippen LogP contribution is 2.30. The number of alkyl halides is 1. The zero-order chi connectivity index (χ0) is 9.35. The van der Waals surface area contributed by atoms with E-state index in [9.17, 15) is 9.18 Å². The topological polar surface area (TPSA) is 49.3 Å². The summed E-state index contributed by atoms with van der Waals surface area (Å²) in [4.78, 5) is 10.4. The molecule has 1 aliphatic rings. The van der Waals surface area contributed by atoms with Gasteiger partial charge in [-0.25, -0.2) is 9.18 Å². The second-order valence-electron chi connectivity index (χ2n) is 3.78. The molecule has 0 amide bonds. The quantitative estimate of drug-likeness (QED) is 0.652. The fourth-order valence-electron chi connectivity index (χ4n) is 1.73. The van der Waals surface area contributed by atoms with Crippen LogP contribution in [0.4, 0.5) is 4.39 Å². The summed E-state index contributed by atoms with van der Waals surface area (Å²) in [5, 5.41) is 11.6. The van der Waals surface area contributed by atoms with Gasteiger partial charge in [0, 0.05) is 11.5 Å². The summed E-state index contributed by atoms with van der Waals surface area (Å²) in [5.74, 6) is -1.76. The van der Waals surface area contributed by atoms with Crippen LogP contribution in [-0.4, -0.2) is 29.3 Å². The van der Waals surface area contributed by atoms with Gasteiger partial charge in [-0.15, -0.1) is 0 Å². The maximum Gasteiger partial charge on any atom is 0.338 e. The SMILES string of the molecule is CC1(C)NCCC1C(F)C(=O)O. The zero-order valence-corrected chi connectivity index (χ0v) is 7.30. The van der Waals surface area contributed by atoms with Crippen LogP contribution in [0.1, 0.15) is 20.3 Å². The largest absolute Gasteiger partial charge is 0.479 e. The molecular formula is C8H14FNO2. The van der Waals surface area contributed by atoms with Gasteiger partial charge in [0.15, 0.2) is 0 Å². The van der Waals surface area contributed by atoms with E-state index >= 15 is 0 Å². The molecule has 1 aliphatic heterocycles. The van der Waals surface area contributed by atoms with Crippen LogP contribution < -0.4 is 5.32 Å². The van der Waals surface area contributed by atoms with Crippen LogP contribution in [0.15, 0.2) is 0 Å². The van der Waals surface area contributed by atoms with Crippen LogP contribution in [-0.2, 0) is 4.79 Å². The molecule has 4 heteroatoms. The van der Waals surface area contributed by atoms with Crippen LogP contribution in [0, 0.1) is 5.92 Å². The standard InChI is InChI=1S/C8H14FNO2/c1-8(2)5(3-4-10-8)6(9)7(11)12/h5-6,10H,3-4H2,1-2H3,(H,11,12). The third kappa shape index (κ3) is 1.58. The molecule has 1 heterocycles. The van der Waals surface area contributed by atoms with E-state index in [1.165, 1.54) is 0 Å². The minimum Gasteiger partial charge on any atom is -0.479 e. The molecule has 2 atom stereocenters. The van der Waals surface area contributed by atoms with Gasteiger partial charge in [-0.1, -0.05) is 0 Å². The van der Waals surface area contributed by atoms with Crippen molar-refractivity contribution >= 4 is 5.97 Å². The molecule has 0 bridgehead atoms. The molecule has 2 unspecified atom stereocenters. The van der Waals surface area contributed by atoms with Gasteiger partial charge in [-0.2, -0.15) is 0 Å². The van der Waals surface area contributed by atoms with Crippen molar-refractivity contribution in [1.29, 1.82) is 0 Å². The summed E-state index contributed by atoms with van der Waals surface area (Å²) < 4.78 is 13.1. The molecular weight excluding hydrogens is 161 g/mol. The average Bonchev–Trinajstić information content (AvgIpc) is 2.27. The maximum absolute atomic E-state index is 13.1. The van der Waals surface area contributed by atoms with E-state index in [2.05, 4.69) is 5.32 Å². The summed E-state index contributed by atoms with van der Waals surface area (Å²) in [6.45, 7) is 4.37. The molecule has 1 fully saturated rings. The molecule has 0 spiro atoms. The fraction of sp³-hybridized carbons (Fsp3) is 0.875. The predicted molar refractivity (Wildman–Crippen MR) is 42.7 cm³/mol. The van der Waals surface area contributed by atoms with Crippen molar-refractivity contribution in [2.45, 2.75) is 32.0 Å². The first-order chi connectivity index (χ1) is 5.45. The first-order valence-electron chi connectivity index (χ1n) is 4.07. The molecule has 1 saturated heterocycles. The zero-order valence-electron chi connectivity index (χ0n) is 7.30. The highest BCUT2D eigenvalue weighted by molar-refractivity contribution is 5.72. The first kappa shape index (κ1) is 9.45. The van der Waals surface area contributed by atoms with E-state index in [4.69, 9.17) is 5.11 Å². The molecule has 3 nitrogen and oxygen atoms in total. The van der Waals surface area contributed by atoms with Crippen molar-refractivity contribution in [3.05, 3.63) is 0 Å². The molecule has 70 valence electrons. The predicted octanol–water partition coefficient (Wildman–Crippen LogP) is 0.797. The van der Waals surface area contributed by atoms with Crippen LogP contribution >= 0.6 is 0 Å². The van der Waals surface area contributed by atoms with E-state index in [0.717, 1.165) is 0 Å². The van der Waals surface area contributed by atoms with Gasteiger partial charge in [0.1, 0.15) is 0 Å². The molecule has 1 rings (SSSR count). The summed E-state index contributed by atoms with van der Waals surface area (Å²) in [5.41, 5.74) is -0.391. The molecule has 0 aromatic rings. The van der Waals surface area contributed by atoms with Crippen molar-refractivity contribution in [1.82, 2.24) is 5.32 Å². The Morgan fingerprint density at radius 1 is 1.75 bits per heavy atom. The van der Waals surface area contributed by atoms with Gasteiger partial charge >= 0.3 is 5.97 Å². The first-order valence-corrected chi connectivity index (χ1v) is 4.07. The van der Waals surface area contributed by atoms with Gasteiger partial charge in [-0.05, 0) is 26.8 Å². The lowest BCUT2D eigenvalue weighted by molar-refractivity contribution is -0.145. The number of carbonyl (C=O) groups is 1. The number of carboxylic acid groups (broad SMARTS) is 1. The third-order valence-electron chi connectivity index (χ3n) is 2.55. The smallest absolute Gasteiger partial charge is 0.338 e. The van der Waals surface area contributed by atoms with Gasteiger partial charge in [-0.3, -0.25) is 0 Å². The van der Waals surface area contributed by atoms with Gasteiger partial charge < -0.3 is 10.4 Å². The van der Waals surface area contributed by atoms with Crippen LogP contribution in [0.3, 0.4) is 0 Å². The number of hydrogen-bond donors (Lipinski definition) is 2. The van der Waals surface area contributed by atoms with Crippen LogP contribution in [0.25, 0.3) is 0 Å². The Bertz CT molecular complexity index is 193. The van der Waals surface area contributed by atoms with E-state index < -0.39 is 23.6 Å². The summed E-state index contributed by atoms with van der Waals surface area (Å²) in [6, 6.07) is 0. The lowest BCUT2D eigenvalue weighted by atomic mass is 9.85. The highest BCUT2D eigenvalue weighted by Gasteiger charge is 2.42. The Morgan fingerprint density at radius 2 is 2.33 bits per heavy atom. The average molecular weight is 175 g/mol. The van der Waals surface area contributed by atoms with Crippen molar-refractivity contribution < 1.29 is 14.3 Å². The molecule has 0 saturated carbocycles. The Hall–Kier alpha value is -0.640. The van der Waals surface area contributed by atoms with E-state index in [1.807, 2.05) is 13.8 Å². The second-order valence-corrected chi connectivity index (χ2v) is 3.78. The number of rotatable bonds is 2. The summed E-state index contributed by atoms with van der Waals surface area (Å²) in [6.07, 6.45) is -1.14. The molecule has 0 aliphatic carbocycles. The molecule has 0 aromatic heterocycles. The van der Waals surface area contributed by atoms with Gasteiger partial charge in [0.05, 0.1) is 0 Å². The lowest BCUT2D eigenvalue weighted by Crippen LogP contribution is -2.44. The van der Waals surface area contributed by atoms with E-state index in [0.29, 0.717) is 13.0 Å². The van der Waals surface area contributed by atoms with Crippen molar-refractivity contribution in [2.75, 3.05) is 6.54 Å². The van der Waals surface area contributed by atoms with Crippen molar-refractivity contribution in [2.24, 2.45) is 5.92 Å². The third-order valence-corrected chi connectivity index (χ3v) is 2.55. The highest BCUT2D eigenvalue weighted by atomic mass is 19.1. The van der Waals surface area contributed by atoms with Crippen molar-refractivity contribution in [3.8, 4) is 0 Å². The number of hydrogen-bond acceptors (Lipinski definition) is 2. The van der Waals surface area contributed by atoms with Crippen LogP contribution in [0.5, 0.6) is 0 Å². The number of nitrogens with one attached hydrogen (secondary N) is 1. The second kappa shape index (κ2) is 3.01. The fourth-order valence-corrected chi connectivity index (χ4v) is 1.73. The Kier molecular flexibility index (Phi) is 2.37. The summed E-state index contributed by atoms with van der Waals surface area (Å²) in [7, 11) is 0. The minimum atomic E-state index is -1.74. The molecule has 0 aromatic carbocycles. The molecule has 2 N–H and O–H groups in total. The van der Waals surface area contributed by atoms with E-state index in [1.54, 1.807) is 0 Å². The Labute approximate surface area is 71.0 Å². The number of halogens is 1. The number of carboxylic acids is 1. The Balaban J connectivity index is 2.68. The van der Waals surface area contributed by atoms with Crippen molar-refractivity contribution in [3.63, 3.8) is 0 Å². The maximum atomic E-state index is 13.1. The van der Waals surface area contributed by atoms with Crippen LogP contribution in [0.2, 0.25) is 0 Å². The normalized spacial score (nSPS) is 30.1. The van der Waals surface area contributed by atoms with E-state index in [-0.39, 0.29) is 0 Å². The Morgan fingerprint density at radius 3 is 2.67 bits per heavy atom.